The Morgan fingerprint density at radius 1 is 0.462 bits per heavy atom. The minimum Gasteiger partial charge on any atom is -0.0622 e. The van der Waals surface area contributed by atoms with Gasteiger partial charge in [0.15, 0.2) is 0 Å². The molecule has 2 saturated carbocycles. The van der Waals surface area contributed by atoms with Crippen molar-refractivity contribution in [3.8, 4) is 0 Å². The first-order valence-corrected chi connectivity index (χ1v) is 11.2. The predicted octanol–water partition coefficient (Wildman–Crippen LogP) is 5.64. The van der Waals surface area contributed by atoms with Gasteiger partial charge < -0.3 is 0 Å². The monoisotopic (exact) mass is 358 g/mol. The van der Waals surface area contributed by atoms with Gasteiger partial charge in [0.05, 0.1) is 0 Å². The molecule has 0 nitrogen and oxygen atoms in total. The number of rotatable bonds is 3. The van der Waals surface area contributed by atoms with Crippen LogP contribution in [0.25, 0.3) is 0 Å². The third kappa shape index (κ3) is 4.25. The molecule has 1 heteroatoms. The molecule has 3 aromatic rings. The molecular weight excluding hydrogens is 331 g/mol. The Labute approximate surface area is 159 Å². The van der Waals surface area contributed by atoms with Gasteiger partial charge >= 0.3 is 0 Å². The highest BCUT2D eigenvalue weighted by Gasteiger charge is 2.30. The minimum absolute atomic E-state index is 0.446. The van der Waals surface area contributed by atoms with E-state index in [0.29, 0.717) is 0 Å². The summed E-state index contributed by atoms with van der Waals surface area (Å²) < 4.78 is 0. The fraction of sp³-hybridized carbons (Fsp3) is 0.280. The molecule has 0 heterocycles. The summed E-state index contributed by atoms with van der Waals surface area (Å²) in [7, 11) is -0.446. The highest BCUT2D eigenvalue weighted by atomic mass is 31.1. The summed E-state index contributed by atoms with van der Waals surface area (Å²) in [4.78, 5) is 0. The molecule has 3 aromatic carbocycles. The minimum atomic E-state index is -0.446. The second-order valence-corrected chi connectivity index (χ2v) is 9.68. The maximum Gasteiger partial charge on any atom is -0.0134 e. The average molecular weight is 358 g/mol. The van der Waals surface area contributed by atoms with Gasteiger partial charge in [-0.2, -0.15) is 0 Å². The maximum absolute atomic E-state index is 2.23. The van der Waals surface area contributed by atoms with Crippen LogP contribution in [0.1, 0.15) is 32.1 Å². The molecule has 26 heavy (non-hydrogen) atoms. The van der Waals surface area contributed by atoms with Crippen LogP contribution in [0.4, 0.5) is 0 Å². The van der Waals surface area contributed by atoms with E-state index in [2.05, 4.69) is 91.0 Å². The second kappa shape index (κ2) is 8.65. The molecular formula is C25H27P. The van der Waals surface area contributed by atoms with Crippen molar-refractivity contribution in [1.29, 1.82) is 0 Å². The number of benzene rings is 3. The smallest absolute Gasteiger partial charge is 0.0134 e. The topological polar surface area (TPSA) is 0 Å². The molecule has 0 spiro atoms. The van der Waals surface area contributed by atoms with Crippen LogP contribution in [0.2, 0.25) is 0 Å². The highest BCUT2D eigenvalue weighted by Crippen LogP contribution is 2.43. The lowest BCUT2D eigenvalue weighted by Gasteiger charge is -2.18. The molecule has 0 amide bonds. The van der Waals surface area contributed by atoms with Crippen molar-refractivity contribution in [2.24, 2.45) is 11.8 Å². The van der Waals surface area contributed by atoms with Crippen LogP contribution in [0, 0.1) is 11.8 Å². The first-order chi connectivity index (χ1) is 12.9. The second-order valence-electron chi connectivity index (χ2n) is 7.46. The number of hydrogen-bond donors (Lipinski definition) is 0. The van der Waals surface area contributed by atoms with Crippen LogP contribution < -0.4 is 15.9 Å². The van der Waals surface area contributed by atoms with Gasteiger partial charge in [0.2, 0.25) is 0 Å². The van der Waals surface area contributed by atoms with E-state index in [1.54, 1.807) is 32.1 Å². The Balaban J connectivity index is 0.000000198. The van der Waals surface area contributed by atoms with Crippen molar-refractivity contribution < 1.29 is 0 Å². The summed E-state index contributed by atoms with van der Waals surface area (Å²) in [5, 5.41) is 4.19. The fourth-order valence-corrected chi connectivity index (χ4v) is 6.66. The first-order valence-electron chi connectivity index (χ1n) is 9.85. The van der Waals surface area contributed by atoms with Gasteiger partial charge in [-0.3, -0.25) is 0 Å². The van der Waals surface area contributed by atoms with Crippen LogP contribution >= 0.6 is 7.92 Å². The zero-order chi connectivity index (χ0) is 17.6. The number of hydrogen-bond acceptors (Lipinski definition) is 0. The van der Waals surface area contributed by atoms with Gasteiger partial charge in [0, 0.05) is 0 Å². The van der Waals surface area contributed by atoms with Gasteiger partial charge in [0.1, 0.15) is 0 Å². The highest BCUT2D eigenvalue weighted by molar-refractivity contribution is 7.79. The van der Waals surface area contributed by atoms with E-state index < -0.39 is 7.92 Å². The van der Waals surface area contributed by atoms with Crippen molar-refractivity contribution >= 4 is 23.8 Å². The summed E-state index contributed by atoms with van der Waals surface area (Å²) in [6.07, 6.45) is 7.82. The van der Waals surface area contributed by atoms with Gasteiger partial charge in [-0.05, 0) is 42.1 Å². The molecule has 0 aromatic heterocycles. The SMILES string of the molecule is C1CC2CCC1C2.c1ccc(P(c2ccccc2)c2ccccc2)cc1. The molecule has 2 aliphatic carbocycles. The third-order valence-electron chi connectivity index (χ3n) is 5.68. The number of fused-ring (bicyclic) bond motifs is 2. The molecule has 132 valence electrons. The molecule has 2 aliphatic rings. The summed E-state index contributed by atoms with van der Waals surface area (Å²) in [6.45, 7) is 0. The Kier molecular flexibility index (Phi) is 5.82. The molecule has 5 rings (SSSR count). The zero-order valence-corrected chi connectivity index (χ0v) is 16.2. The standard InChI is InChI=1S/C18H15P.C7H12/c1-4-10-16(11-5-1)19(17-12-6-2-7-13-17)18-14-8-3-9-15-18;1-2-7-4-3-6(1)5-7/h1-15H;6-7H,1-5H2. The molecule has 0 N–H and O–H groups in total. The largest absolute Gasteiger partial charge is 0.0622 e. The Bertz CT molecular complexity index is 670. The quantitative estimate of drug-likeness (QED) is 0.532. The first kappa shape index (κ1) is 17.5. The van der Waals surface area contributed by atoms with E-state index in [1.807, 2.05) is 0 Å². The lowest BCUT2D eigenvalue weighted by Crippen LogP contribution is -2.20. The zero-order valence-electron chi connectivity index (χ0n) is 15.3. The molecule has 2 fully saturated rings. The molecule has 0 aliphatic heterocycles. The average Bonchev–Trinajstić information content (AvgIpc) is 3.37. The van der Waals surface area contributed by atoms with E-state index in [-0.39, 0.29) is 0 Å². The lowest BCUT2D eigenvalue weighted by molar-refractivity contribution is 0.480. The lowest BCUT2D eigenvalue weighted by atomic mass is 10.0. The predicted molar refractivity (Wildman–Crippen MR) is 115 cm³/mol. The van der Waals surface area contributed by atoms with E-state index in [1.165, 1.54) is 27.7 Å². The van der Waals surface area contributed by atoms with Crippen LogP contribution in [-0.2, 0) is 0 Å². The van der Waals surface area contributed by atoms with Crippen LogP contribution in [0.15, 0.2) is 91.0 Å². The van der Waals surface area contributed by atoms with E-state index >= 15 is 0 Å². The molecule has 0 unspecified atom stereocenters. The Morgan fingerprint density at radius 2 is 0.769 bits per heavy atom. The van der Waals surface area contributed by atoms with Crippen LogP contribution in [0.3, 0.4) is 0 Å². The van der Waals surface area contributed by atoms with Crippen molar-refractivity contribution in [2.75, 3.05) is 0 Å². The summed E-state index contributed by atoms with van der Waals surface area (Å²) in [5.74, 6) is 2.34. The van der Waals surface area contributed by atoms with Crippen molar-refractivity contribution in [2.45, 2.75) is 32.1 Å². The van der Waals surface area contributed by atoms with Crippen molar-refractivity contribution in [3.63, 3.8) is 0 Å². The maximum atomic E-state index is 2.23. The Hall–Kier alpha value is -1.91. The normalized spacial score (nSPS) is 20.7. The summed E-state index contributed by atoms with van der Waals surface area (Å²) >= 11 is 0. The van der Waals surface area contributed by atoms with Crippen molar-refractivity contribution in [3.05, 3.63) is 91.0 Å². The molecule has 0 atom stereocenters. The molecule has 0 saturated heterocycles. The van der Waals surface area contributed by atoms with Crippen molar-refractivity contribution in [1.82, 2.24) is 0 Å². The summed E-state index contributed by atoms with van der Waals surface area (Å²) in [5.41, 5.74) is 0. The third-order valence-corrected chi connectivity index (χ3v) is 8.12. The van der Waals surface area contributed by atoms with Gasteiger partial charge in [-0.25, -0.2) is 0 Å². The molecule has 2 bridgehead atoms. The fourth-order valence-electron chi connectivity index (χ4n) is 4.35. The van der Waals surface area contributed by atoms with Gasteiger partial charge in [0.25, 0.3) is 0 Å². The molecule has 0 radical (unpaired) electrons. The van der Waals surface area contributed by atoms with Gasteiger partial charge in [-0.1, -0.05) is 117 Å². The van der Waals surface area contributed by atoms with E-state index in [4.69, 9.17) is 0 Å². The van der Waals surface area contributed by atoms with E-state index in [0.717, 1.165) is 0 Å². The van der Waals surface area contributed by atoms with Crippen LogP contribution in [-0.4, -0.2) is 0 Å². The van der Waals surface area contributed by atoms with Crippen LogP contribution in [0.5, 0.6) is 0 Å². The van der Waals surface area contributed by atoms with Gasteiger partial charge in [-0.15, -0.1) is 0 Å². The Morgan fingerprint density at radius 3 is 1.00 bits per heavy atom. The summed E-state index contributed by atoms with van der Waals surface area (Å²) in [6, 6.07) is 32.3. The van der Waals surface area contributed by atoms with E-state index in [9.17, 15) is 0 Å².